The molecule has 0 heterocycles. The number of carbonyl (C=O) groups excluding carboxylic acids is 1. The topological polar surface area (TPSA) is 29.5 Å². The molecule has 0 saturated carbocycles. The lowest BCUT2D eigenvalue weighted by Crippen LogP contribution is -2.28. The van der Waals surface area contributed by atoms with Crippen LogP contribution in [0.5, 0.6) is 0 Å². The highest BCUT2D eigenvalue weighted by atomic mass is 28.4. The Kier molecular flexibility index (Phi) is 4.94. The molecule has 4 heteroatoms. The first-order chi connectivity index (χ1) is 5.81. The van der Waals surface area contributed by atoms with Crippen molar-refractivity contribution in [1.29, 1.82) is 0 Å². The molecule has 0 bridgehead atoms. The summed E-state index contributed by atoms with van der Waals surface area (Å²) in [4.78, 5) is 13.1. The van der Waals surface area contributed by atoms with Gasteiger partial charge in [0.1, 0.15) is 0 Å². The Morgan fingerprint density at radius 2 is 1.92 bits per heavy atom. The Balaban J connectivity index is 3.81. The van der Waals surface area contributed by atoms with Gasteiger partial charge in [0.05, 0.1) is 0 Å². The van der Waals surface area contributed by atoms with Gasteiger partial charge in [0.15, 0.2) is 0 Å². The van der Waals surface area contributed by atoms with Crippen LogP contribution in [0, 0.1) is 0 Å². The predicted octanol–water partition coefficient (Wildman–Crippen LogP) is 1.48. The van der Waals surface area contributed by atoms with E-state index in [4.69, 9.17) is 4.43 Å². The van der Waals surface area contributed by atoms with E-state index in [0.717, 1.165) is 6.54 Å². The van der Waals surface area contributed by atoms with Crippen LogP contribution in [0.25, 0.3) is 0 Å². The molecule has 76 valence electrons. The van der Waals surface area contributed by atoms with Gasteiger partial charge in [-0.2, -0.15) is 0 Å². The summed E-state index contributed by atoms with van der Waals surface area (Å²) < 4.78 is 5.21. The molecule has 0 saturated heterocycles. The van der Waals surface area contributed by atoms with Crippen LogP contribution in [0.1, 0.15) is 0 Å². The van der Waals surface area contributed by atoms with Crippen molar-refractivity contribution in [3.8, 4) is 0 Å². The Morgan fingerprint density at radius 3 is 2.31 bits per heavy atom. The maximum atomic E-state index is 11.1. The van der Waals surface area contributed by atoms with Crippen molar-refractivity contribution < 1.29 is 9.22 Å². The third kappa shape index (κ3) is 9.30. The van der Waals surface area contributed by atoms with Crippen LogP contribution in [-0.4, -0.2) is 39.8 Å². The Hall–Kier alpha value is -0.613. The zero-order valence-corrected chi connectivity index (χ0v) is 10.1. The number of hydrogen-bond acceptors (Lipinski definition) is 3. The molecule has 0 spiro atoms. The van der Waals surface area contributed by atoms with Crippen LogP contribution < -0.4 is 0 Å². The third-order valence-electron chi connectivity index (χ3n) is 1.13. The number of nitrogens with zero attached hydrogens (tertiary/aromatic N) is 1. The Morgan fingerprint density at radius 1 is 1.38 bits per heavy atom. The molecule has 0 unspecified atom stereocenters. The molecule has 3 nitrogen and oxygen atoms in total. The van der Waals surface area contributed by atoms with Gasteiger partial charge in [-0.05, 0) is 33.7 Å². The Labute approximate surface area is 81.5 Å². The van der Waals surface area contributed by atoms with Gasteiger partial charge >= 0.3 is 5.97 Å². The zero-order chi connectivity index (χ0) is 10.5. The molecule has 13 heavy (non-hydrogen) atoms. The molecule has 0 fully saturated rings. The second-order valence-corrected chi connectivity index (χ2v) is 8.63. The van der Waals surface area contributed by atoms with Crippen molar-refractivity contribution >= 4 is 14.3 Å². The molecule has 0 N–H and O–H groups in total. The number of likely N-dealkylation sites (N-methyl/N-ethyl adjacent to an activating group) is 1. The summed E-state index contributed by atoms with van der Waals surface area (Å²) in [5.74, 6) is -0.221. The molecule has 0 aromatic rings. The quantitative estimate of drug-likeness (QED) is 0.510. The highest BCUT2D eigenvalue weighted by Crippen LogP contribution is 2.02. The van der Waals surface area contributed by atoms with Gasteiger partial charge in [-0.15, -0.1) is 0 Å². The summed E-state index contributed by atoms with van der Waals surface area (Å²) in [6.07, 6.45) is 3.31. The van der Waals surface area contributed by atoms with Crippen LogP contribution in [0.3, 0.4) is 0 Å². The molecule has 0 aliphatic heterocycles. The fraction of sp³-hybridized carbons (Fsp3) is 0.667. The van der Waals surface area contributed by atoms with Crippen LogP contribution in [-0.2, 0) is 9.22 Å². The molecule has 0 rings (SSSR count). The van der Waals surface area contributed by atoms with E-state index < -0.39 is 8.32 Å². The van der Waals surface area contributed by atoms with Gasteiger partial charge in [0, 0.05) is 12.6 Å². The molecule has 0 aliphatic rings. The largest absolute Gasteiger partial charge is 0.517 e. The first-order valence-electron chi connectivity index (χ1n) is 4.35. The molecule has 0 aromatic heterocycles. The summed E-state index contributed by atoms with van der Waals surface area (Å²) in [6.45, 7) is 6.74. The highest BCUT2D eigenvalue weighted by molar-refractivity contribution is 6.71. The van der Waals surface area contributed by atoms with Crippen molar-refractivity contribution in [2.75, 3.05) is 20.6 Å². The second kappa shape index (κ2) is 5.19. The van der Waals surface area contributed by atoms with Gasteiger partial charge in [0.25, 0.3) is 0 Å². The Bertz CT molecular complexity index is 194. The maximum absolute atomic E-state index is 11.1. The van der Waals surface area contributed by atoms with Crippen LogP contribution in [0.4, 0.5) is 0 Å². The van der Waals surface area contributed by atoms with Crippen molar-refractivity contribution in [3.05, 3.63) is 12.2 Å². The summed E-state index contributed by atoms with van der Waals surface area (Å²) in [5.41, 5.74) is 0. The van der Waals surface area contributed by atoms with Gasteiger partial charge in [-0.1, -0.05) is 6.08 Å². The lowest BCUT2D eigenvalue weighted by Gasteiger charge is -2.15. The smallest absolute Gasteiger partial charge is 0.317 e. The molecule has 0 radical (unpaired) electrons. The fourth-order valence-electron chi connectivity index (χ4n) is 0.696. The van der Waals surface area contributed by atoms with Crippen molar-refractivity contribution in [1.82, 2.24) is 4.90 Å². The summed E-state index contributed by atoms with van der Waals surface area (Å²) in [6, 6.07) is 0. The average molecular weight is 201 g/mol. The number of carbonyl (C=O) groups is 1. The summed E-state index contributed by atoms with van der Waals surface area (Å²) in [5, 5.41) is 0. The van der Waals surface area contributed by atoms with E-state index in [1.54, 1.807) is 0 Å². The fourth-order valence-corrected chi connectivity index (χ4v) is 1.37. The molecule has 0 amide bonds. The third-order valence-corrected chi connectivity index (χ3v) is 1.94. The van der Waals surface area contributed by atoms with Crippen molar-refractivity contribution in [2.24, 2.45) is 0 Å². The van der Waals surface area contributed by atoms with Gasteiger partial charge in [0.2, 0.25) is 8.32 Å². The highest BCUT2D eigenvalue weighted by Gasteiger charge is 2.17. The van der Waals surface area contributed by atoms with E-state index in [0.29, 0.717) is 0 Å². The van der Waals surface area contributed by atoms with E-state index in [1.807, 2.05) is 44.7 Å². The normalized spacial score (nSPS) is 12.5. The molecule has 0 atom stereocenters. The minimum Gasteiger partial charge on any atom is -0.517 e. The monoisotopic (exact) mass is 201 g/mol. The average Bonchev–Trinajstić information content (AvgIpc) is 1.81. The van der Waals surface area contributed by atoms with Crippen LogP contribution >= 0.6 is 0 Å². The predicted molar refractivity (Wildman–Crippen MR) is 57.1 cm³/mol. The van der Waals surface area contributed by atoms with E-state index >= 15 is 0 Å². The molecular formula is C9H19NO2Si. The van der Waals surface area contributed by atoms with Gasteiger partial charge < -0.3 is 9.33 Å². The SMILES string of the molecule is CN(C)CC=CC(=O)O[Si](C)(C)C. The van der Waals surface area contributed by atoms with Gasteiger partial charge in [-0.3, -0.25) is 0 Å². The molecule has 0 aromatic carbocycles. The minimum atomic E-state index is -1.71. The van der Waals surface area contributed by atoms with Crippen molar-refractivity contribution in [3.63, 3.8) is 0 Å². The van der Waals surface area contributed by atoms with Crippen LogP contribution in [0.2, 0.25) is 19.6 Å². The van der Waals surface area contributed by atoms with Gasteiger partial charge in [-0.25, -0.2) is 4.79 Å². The second-order valence-electron chi connectivity index (χ2n) is 4.20. The lowest BCUT2D eigenvalue weighted by atomic mass is 10.5. The van der Waals surface area contributed by atoms with E-state index in [1.165, 1.54) is 6.08 Å². The van der Waals surface area contributed by atoms with Crippen LogP contribution in [0.15, 0.2) is 12.2 Å². The standard InChI is InChI=1S/C9H19NO2Si/c1-10(2)8-6-7-9(11)12-13(3,4)5/h6-7H,8H2,1-5H3. The summed E-state index contributed by atoms with van der Waals surface area (Å²) >= 11 is 0. The first-order valence-corrected chi connectivity index (χ1v) is 7.76. The zero-order valence-electron chi connectivity index (χ0n) is 9.13. The molecular weight excluding hydrogens is 182 g/mol. The first kappa shape index (κ1) is 12.4. The minimum absolute atomic E-state index is 0.221. The number of rotatable bonds is 4. The molecule has 0 aliphatic carbocycles. The van der Waals surface area contributed by atoms with Crippen molar-refractivity contribution in [2.45, 2.75) is 19.6 Å². The summed E-state index contributed by atoms with van der Waals surface area (Å²) in [7, 11) is 2.19. The number of hydrogen-bond donors (Lipinski definition) is 0. The van der Waals surface area contributed by atoms with E-state index in [-0.39, 0.29) is 5.97 Å². The maximum Gasteiger partial charge on any atom is 0.317 e. The van der Waals surface area contributed by atoms with E-state index in [9.17, 15) is 4.79 Å². The lowest BCUT2D eigenvalue weighted by molar-refractivity contribution is -0.129. The van der Waals surface area contributed by atoms with E-state index in [2.05, 4.69) is 0 Å².